The number of benzene rings is 1. The number of rotatable bonds is 7. The van der Waals surface area contributed by atoms with Crippen molar-refractivity contribution in [2.75, 3.05) is 13.2 Å². The van der Waals surface area contributed by atoms with Crippen LogP contribution in [-0.4, -0.2) is 13.2 Å². The summed E-state index contributed by atoms with van der Waals surface area (Å²) in [5.41, 5.74) is 0.852. The van der Waals surface area contributed by atoms with Crippen molar-refractivity contribution in [1.82, 2.24) is 0 Å². The predicted octanol–water partition coefficient (Wildman–Crippen LogP) is 6.33. The molecule has 0 heterocycles. The highest BCUT2D eigenvalue weighted by atomic mass is 32.1. The second-order valence-electron chi connectivity index (χ2n) is 8.01. The highest BCUT2D eigenvalue weighted by Crippen LogP contribution is 2.41. The molecule has 0 unspecified atom stereocenters. The van der Waals surface area contributed by atoms with E-state index in [-0.39, 0.29) is 5.41 Å². The van der Waals surface area contributed by atoms with Gasteiger partial charge >= 0.3 is 0 Å². The zero-order chi connectivity index (χ0) is 18.5. The monoisotopic (exact) mass is 368 g/mol. The third kappa shape index (κ3) is 6.64. The van der Waals surface area contributed by atoms with E-state index in [2.05, 4.69) is 48.5 Å². The first-order chi connectivity index (χ1) is 11.0. The topological polar surface area (TPSA) is 18.5 Å². The minimum absolute atomic E-state index is 0.0791. The van der Waals surface area contributed by atoms with Crippen LogP contribution < -0.4 is 9.47 Å². The molecule has 0 aliphatic heterocycles. The van der Waals surface area contributed by atoms with Gasteiger partial charge < -0.3 is 9.47 Å². The third-order valence-corrected chi connectivity index (χ3v) is 4.83. The Morgan fingerprint density at radius 1 is 0.958 bits per heavy atom. The molecule has 24 heavy (non-hydrogen) atoms. The lowest BCUT2D eigenvalue weighted by Gasteiger charge is -2.23. The Labute approximate surface area is 158 Å². The molecular weight excluding hydrogens is 336 g/mol. The van der Waals surface area contributed by atoms with Crippen molar-refractivity contribution >= 4 is 30.2 Å². The summed E-state index contributed by atoms with van der Waals surface area (Å²) in [4.78, 5) is 1.76. The third-order valence-electron chi connectivity index (χ3n) is 3.30. The van der Waals surface area contributed by atoms with E-state index in [0.29, 0.717) is 25.0 Å². The van der Waals surface area contributed by atoms with Gasteiger partial charge in [-0.15, -0.1) is 25.3 Å². The van der Waals surface area contributed by atoms with Gasteiger partial charge in [-0.05, 0) is 35.4 Å². The van der Waals surface area contributed by atoms with Crippen LogP contribution in [0.5, 0.6) is 11.5 Å². The standard InChI is InChI=1S/C20H32O2S2/c1-13(2)11-21-15-8-9-17(22-12-14(3)4)16(10-15)18(23)19(24)20(5,6)7/h8-10,13-14,23-24H,11-12H2,1-7H3/b19-18-. The van der Waals surface area contributed by atoms with Gasteiger partial charge in [0.1, 0.15) is 11.5 Å². The van der Waals surface area contributed by atoms with E-state index in [9.17, 15) is 0 Å². The summed E-state index contributed by atoms with van der Waals surface area (Å²) >= 11 is 9.44. The van der Waals surface area contributed by atoms with Crippen molar-refractivity contribution in [3.63, 3.8) is 0 Å². The van der Waals surface area contributed by atoms with Gasteiger partial charge in [-0.3, -0.25) is 0 Å². The Hall–Kier alpha value is -0.740. The maximum atomic E-state index is 5.99. The summed E-state index contributed by atoms with van der Waals surface area (Å²) in [7, 11) is 0. The highest BCUT2D eigenvalue weighted by molar-refractivity contribution is 7.93. The average molecular weight is 369 g/mol. The fourth-order valence-electron chi connectivity index (χ4n) is 1.91. The number of thiol groups is 2. The van der Waals surface area contributed by atoms with E-state index in [0.717, 1.165) is 26.9 Å². The quantitative estimate of drug-likeness (QED) is 0.548. The lowest BCUT2D eigenvalue weighted by atomic mass is 9.94. The van der Waals surface area contributed by atoms with Crippen molar-refractivity contribution in [3.05, 3.63) is 28.7 Å². The second kappa shape index (κ2) is 9.10. The SMILES string of the molecule is CC(C)COc1ccc(OCC(C)C)c(/C(S)=C(/S)C(C)(C)C)c1. The van der Waals surface area contributed by atoms with Gasteiger partial charge in [0.25, 0.3) is 0 Å². The van der Waals surface area contributed by atoms with Crippen LogP contribution >= 0.6 is 25.3 Å². The summed E-state index contributed by atoms with van der Waals surface area (Å²) in [6.45, 7) is 16.3. The Balaban J connectivity index is 3.25. The van der Waals surface area contributed by atoms with Gasteiger partial charge in [-0.1, -0.05) is 48.5 Å². The molecule has 0 amide bonds. The van der Waals surface area contributed by atoms with Crippen LogP contribution in [0, 0.1) is 17.3 Å². The maximum Gasteiger partial charge on any atom is 0.127 e. The zero-order valence-corrected chi connectivity index (χ0v) is 17.8. The fourth-order valence-corrected chi connectivity index (χ4v) is 2.54. The van der Waals surface area contributed by atoms with Crippen LogP contribution in [0.2, 0.25) is 0 Å². The average Bonchev–Trinajstić information content (AvgIpc) is 2.48. The minimum Gasteiger partial charge on any atom is -0.493 e. The van der Waals surface area contributed by atoms with Gasteiger partial charge in [0.05, 0.1) is 13.2 Å². The molecule has 0 spiro atoms. The van der Waals surface area contributed by atoms with E-state index in [1.165, 1.54) is 0 Å². The fraction of sp³-hybridized carbons (Fsp3) is 0.600. The molecule has 0 fully saturated rings. The van der Waals surface area contributed by atoms with E-state index >= 15 is 0 Å². The summed E-state index contributed by atoms with van der Waals surface area (Å²) in [6, 6.07) is 5.92. The van der Waals surface area contributed by atoms with Crippen LogP contribution in [0.3, 0.4) is 0 Å². The van der Waals surface area contributed by atoms with Crippen LogP contribution in [0.25, 0.3) is 4.91 Å². The van der Waals surface area contributed by atoms with Crippen LogP contribution in [0.4, 0.5) is 0 Å². The first-order valence-corrected chi connectivity index (χ1v) is 9.44. The number of hydrogen-bond acceptors (Lipinski definition) is 4. The molecule has 1 rings (SSSR count). The van der Waals surface area contributed by atoms with Crippen molar-refractivity contribution in [3.8, 4) is 11.5 Å². The van der Waals surface area contributed by atoms with Crippen molar-refractivity contribution < 1.29 is 9.47 Å². The molecule has 0 aliphatic rings. The van der Waals surface area contributed by atoms with Gasteiger partial charge in [0, 0.05) is 15.4 Å². The van der Waals surface area contributed by atoms with E-state index in [1.807, 2.05) is 18.2 Å². The number of allylic oxidation sites excluding steroid dienone is 1. The van der Waals surface area contributed by atoms with Gasteiger partial charge in [-0.2, -0.15) is 0 Å². The largest absolute Gasteiger partial charge is 0.493 e. The first-order valence-electron chi connectivity index (χ1n) is 8.55. The summed E-state index contributed by atoms with van der Waals surface area (Å²) in [6.07, 6.45) is 0. The van der Waals surface area contributed by atoms with Crippen LogP contribution in [0.1, 0.15) is 54.0 Å². The highest BCUT2D eigenvalue weighted by Gasteiger charge is 2.20. The number of ether oxygens (including phenoxy) is 2. The smallest absolute Gasteiger partial charge is 0.127 e. The Morgan fingerprint density at radius 2 is 1.50 bits per heavy atom. The molecule has 2 nitrogen and oxygen atoms in total. The van der Waals surface area contributed by atoms with Gasteiger partial charge in [0.2, 0.25) is 0 Å². The lowest BCUT2D eigenvalue weighted by Crippen LogP contribution is -2.09. The molecule has 4 heteroatoms. The Morgan fingerprint density at radius 3 is 2.00 bits per heavy atom. The van der Waals surface area contributed by atoms with Gasteiger partial charge in [0.15, 0.2) is 0 Å². The van der Waals surface area contributed by atoms with Crippen molar-refractivity contribution in [2.45, 2.75) is 48.5 Å². The molecule has 0 saturated carbocycles. The van der Waals surface area contributed by atoms with Crippen molar-refractivity contribution in [2.24, 2.45) is 17.3 Å². The molecule has 0 radical (unpaired) electrons. The van der Waals surface area contributed by atoms with Crippen molar-refractivity contribution in [1.29, 1.82) is 0 Å². The molecule has 1 aromatic carbocycles. The first kappa shape index (κ1) is 21.3. The van der Waals surface area contributed by atoms with E-state index in [1.54, 1.807) is 0 Å². The Bertz CT molecular complexity index is 569. The number of hydrogen-bond donors (Lipinski definition) is 2. The lowest BCUT2D eigenvalue weighted by molar-refractivity contribution is 0.263. The molecule has 136 valence electrons. The molecular formula is C20H32O2S2. The molecule has 0 saturated heterocycles. The summed E-state index contributed by atoms with van der Waals surface area (Å²) in [5, 5.41) is 0. The Kier molecular flexibility index (Phi) is 8.07. The van der Waals surface area contributed by atoms with E-state index in [4.69, 9.17) is 34.7 Å². The second-order valence-corrected chi connectivity index (χ2v) is 8.91. The van der Waals surface area contributed by atoms with Crippen LogP contribution in [-0.2, 0) is 0 Å². The summed E-state index contributed by atoms with van der Waals surface area (Å²) in [5.74, 6) is 2.59. The molecule has 0 bridgehead atoms. The molecule has 0 N–H and O–H groups in total. The molecule has 1 aromatic rings. The summed E-state index contributed by atoms with van der Waals surface area (Å²) < 4.78 is 11.9. The van der Waals surface area contributed by atoms with E-state index < -0.39 is 0 Å². The normalized spacial score (nSPS) is 13.3. The molecule has 0 aromatic heterocycles. The molecule has 0 aliphatic carbocycles. The predicted molar refractivity (Wildman–Crippen MR) is 111 cm³/mol. The zero-order valence-electron chi connectivity index (χ0n) is 16.0. The van der Waals surface area contributed by atoms with Gasteiger partial charge in [-0.25, -0.2) is 0 Å². The molecule has 0 atom stereocenters. The minimum atomic E-state index is -0.0791. The maximum absolute atomic E-state index is 5.99. The van der Waals surface area contributed by atoms with Crippen LogP contribution in [0.15, 0.2) is 23.1 Å².